The monoisotopic (exact) mass is 343 g/mol. The van der Waals surface area contributed by atoms with Crippen LogP contribution in [0.4, 0.5) is 23.1 Å². The highest BCUT2D eigenvalue weighted by Crippen LogP contribution is 2.31. The molecule has 132 valence electrons. The van der Waals surface area contributed by atoms with Crippen LogP contribution in [0.3, 0.4) is 0 Å². The van der Waals surface area contributed by atoms with E-state index in [9.17, 15) is 10.1 Å². The molecular formula is C17H21N5O3. The van der Waals surface area contributed by atoms with Gasteiger partial charge in [-0.3, -0.25) is 10.1 Å². The number of aryl methyl sites for hydroxylation is 3. The van der Waals surface area contributed by atoms with Gasteiger partial charge in [-0.2, -0.15) is 4.98 Å². The Labute approximate surface area is 146 Å². The first-order valence-corrected chi connectivity index (χ1v) is 8.15. The van der Waals surface area contributed by atoms with E-state index in [0.29, 0.717) is 37.9 Å². The molecule has 0 aliphatic carbocycles. The van der Waals surface area contributed by atoms with E-state index in [1.165, 1.54) is 0 Å². The molecule has 0 radical (unpaired) electrons. The van der Waals surface area contributed by atoms with Gasteiger partial charge in [0.15, 0.2) is 0 Å². The Morgan fingerprint density at radius 1 is 1.20 bits per heavy atom. The largest absolute Gasteiger partial charge is 0.378 e. The van der Waals surface area contributed by atoms with E-state index in [4.69, 9.17) is 4.74 Å². The second-order valence-corrected chi connectivity index (χ2v) is 6.11. The highest BCUT2D eigenvalue weighted by atomic mass is 16.6. The maximum Gasteiger partial charge on any atom is 0.332 e. The van der Waals surface area contributed by atoms with Gasteiger partial charge in [0.25, 0.3) is 0 Å². The van der Waals surface area contributed by atoms with Gasteiger partial charge in [0.05, 0.1) is 18.1 Å². The van der Waals surface area contributed by atoms with Crippen molar-refractivity contribution in [3.8, 4) is 0 Å². The number of nitrogens with zero attached hydrogens (tertiary/aromatic N) is 4. The average Bonchev–Trinajstić information content (AvgIpc) is 2.57. The SMILES string of the molecule is Cc1ccc(Nc2nc(N3CCOCC3)nc(C)c2[N+](=O)[O-])c(C)c1. The van der Waals surface area contributed by atoms with Crippen LogP contribution in [0.5, 0.6) is 0 Å². The van der Waals surface area contributed by atoms with Crippen molar-refractivity contribution in [2.24, 2.45) is 0 Å². The molecule has 0 atom stereocenters. The lowest BCUT2D eigenvalue weighted by molar-refractivity contribution is -0.385. The van der Waals surface area contributed by atoms with Crippen molar-refractivity contribution in [3.63, 3.8) is 0 Å². The van der Waals surface area contributed by atoms with Crippen LogP contribution in [0, 0.1) is 30.9 Å². The van der Waals surface area contributed by atoms with Gasteiger partial charge in [0, 0.05) is 18.8 Å². The van der Waals surface area contributed by atoms with Crippen LogP contribution in [0.25, 0.3) is 0 Å². The molecule has 0 unspecified atom stereocenters. The zero-order chi connectivity index (χ0) is 18.0. The standard InChI is InChI=1S/C17H21N5O3/c1-11-4-5-14(12(2)10-11)19-16-15(22(23)24)13(3)18-17(20-16)21-6-8-25-9-7-21/h4-5,10H,6-9H2,1-3H3,(H,18,19,20). The van der Waals surface area contributed by atoms with Gasteiger partial charge < -0.3 is 15.0 Å². The number of hydrogen-bond acceptors (Lipinski definition) is 7. The Hall–Kier alpha value is -2.74. The minimum Gasteiger partial charge on any atom is -0.378 e. The minimum atomic E-state index is -0.440. The first-order chi connectivity index (χ1) is 12.0. The Kier molecular flexibility index (Phi) is 4.80. The quantitative estimate of drug-likeness (QED) is 0.674. The molecule has 1 aliphatic heterocycles. The van der Waals surface area contributed by atoms with Gasteiger partial charge in [-0.1, -0.05) is 17.7 Å². The van der Waals surface area contributed by atoms with Crippen molar-refractivity contribution >= 4 is 23.1 Å². The lowest BCUT2D eigenvalue weighted by Gasteiger charge is -2.27. The third kappa shape index (κ3) is 3.69. The van der Waals surface area contributed by atoms with Crippen LogP contribution in [0.15, 0.2) is 18.2 Å². The fraction of sp³-hybridized carbons (Fsp3) is 0.412. The molecule has 3 rings (SSSR count). The van der Waals surface area contributed by atoms with E-state index in [2.05, 4.69) is 15.3 Å². The summed E-state index contributed by atoms with van der Waals surface area (Å²) in [7, 11) is 0. The average molecular weight is 343 g/mol. The molecule has 0 saturated carbocycles. The number of anilines is 3. The molecule has 2 aromatic rings. The number of rotatable bonds is 4. The summed E-state index contributed by atoms with van der Waals surface area (Å²) in [6, 6.07) is 5.88. The van der Waals surface area contributed by atoms with Crippen molar-refractivity contribution in [1.29, 1.82) is 0 Å². The first kappa shape index (κ1) is 17.1. The smallest absolute Gasteiger partial charge is 0.332 e. The van der Waals surface area contributed by atoms with E-state index in [1.807, 2.05) is 36.9 Å². The van der Waals surface area contributed by atoms with Crippen LogP contribution < -0.4 is 10.2 Å². The van der Waals surface area contributed by atoms with E-state index < -0.39 is 4.92 Å². The Morgan fingerprint density at radius 2 is 1.92 bits per heavy atom. The normalized spacial score (nSPS) is 14.4. The predicted molar refractivity (Wildman–Crippen MR) is 95.7 cm³/mol. The Morgan fingerprint density at radius 3 is 2.56 bits per heavy atom. The number of morpholine rings is 1. The highest BCUT2D eigenvalue weighted by Gasteiger charge is 2.25. The van der Waals surface area contributed by atoms with Crippen molar-refractivity contribution in [3.05, 3.63) is 45.1 Å². The molecule has 1 saturated heterocycles. The highest BCUT2D eigenvalue weighted by molar-refractivity contribution is 5.70. The van der Waals surface area contributed by atoms with E-state index in [0.717, 1.165) is 16.8 Å². The Bertz CT molecular complexity index is 803. The summed E-state index contributed by atoms with van der Waals surface area (Å²) in [6.45, 7) is 8.12. The molecule has 0 amide bonds. The number of nitrogens with one attached hydrogen (secondary N) is 1. The molecule has 0 bridgehead atoms. The molecule has 1 aromatic heterocycles. The summed E-state index contributed by atoms with van der Waals surface area (Å²) in [5.74, 6) is 0.699. The molecule has 0 spiro atoms. The predicted octanol–water partition coefficient (Wildman–Crippen LogP) is 2.89. The fourth-order valence-corrected chi connectivity index (χ4v) is 2.84. The van der Waals surface area contributed by atoms with Crippen LogP contribution in [-0.2, 0) is 4.74 Å². The first-order valence-electron chi connectivity index (χ1n) is 8.15. The third-order valence-corrected chi connectivity index (χ3v) is 4.16. The van der Waals surface area contributed by atoms with Gasteiger partial charge in [-0.05, 0) is 32.4 Å². The fourth-order valence-electron chi connectivity index (χ4n) is 2.84. The summed E-state index contributed by atoms with van der Waals surface area (Å²) in [5, 5.41) is 14.6. The molecule has 8 heteroatoms. The number of aromatic nitrogens is 2. The second-order valence-electron chi connectivity index (χ2n) is 6.11. The molecule has 25 heavy (non-hydrogen) atoms. The van der Waals surface area contributed by atoms with Crippen molar-refractivity contribution in [2.75, 3.05) is 36.5 Å². The van der Waals surface area contributed by atoms with Crippen molar-refractivity contribution < 1.29 is 9.66 Å². The summed E-state index contributed by atoms with van der Waals surface area (Å²) >= 11 is 0. The van der Waals surface area contributed by atoms with Crippen LogP contribution >= 0.6 is 0 Å². The molecule has 1 aromatic carbocycles. The molecule has 1 aliphatic rings. The van der Waals surface area contributed by atoms with Crippen LogP contribution in [-0.4, -0.2) is 41.2 Å². The minimum absolute atomic E-state index is 0.100. The number of ether oxygens (including phenoxy) is 1. The second kappa shape index (κ2) is 7.02. The van der Waals surface area contributed by atoms with Gasteiger partial charge >= 0.3 is 5.69 Å². The summed E-state index contributed by atoms with van der Waals surface area (Å²) in [6.07, 6.45) is 0. The van der Waals surface area contributed by atoms with Gasteiger partial charge in [-0.15, -0.1) is 0 Å². The van der Waals surface area contributed by atoms with E-state index in [-0.39, 0.29) is 11.5 Å². The van der Waals surface area contributed by atoms with E-state index >= 15 is 0 Å². The summed E-state index contributed by atoms with van der Waals surface area (Å²) in [5.41, 5.74) is 3.16. The molecule has 1 N–H and O–H groups in total. The lowest BCUT2D eigenvalue weighted by atomic mass is 10.1. The topological polar surface area (TPSA) is 93.4 Å². The zero-order valence-electron chi connectivity index (χ0n) is 14.6. The number of nitro groups is 1. The van der Waals surface area contributed by atoms with E-state index in [1.54, 1.807) is 6.92 Å². The lowest BCUT2D eigenvalue weighted by Crippen LogP contribution is -2.37. The maximum atomic E-state index is 11.5. The molecule has 2 heterocycles. The van der Waals surface area contributed by atoms with Gasteiger partial charge in [-0.25, -0.2) is 4.98 Å². The zero-order valence-corrected chi connectivity index (χ0v) is 14.6. The van der Waals surface area contributed by atoms with Crippen molar-refractivity contribution in [2.45, 2.75) is 20.8 Å². The van der Waals surface area contributed by atoms with Crippen LogP contribution in [0.2, 0.25) is 0 Å². The Balaban J connectivity index is 2.02. The number of hydrogen-bond donors (Lipinski definition) is 1. The van der Waals surface area contributed by atoms with Crippen LogP contribution in [0.1, 0.15) is 16.8 Å². The number of benzene rings is 1. The molecular weight excluding hydrogens is 322 g/mol. The van der Waals surface area contributed by atoms with Crippen molar-refractivity contribution in [1.82, 2.24) is 9.97 Å². The summed E-state index contributed by atoms with van der Waals surface area (Å²) in [4.78, 5) is 21.8. The van der Waals surface area contributed by atoms with Gasteiger partial charge in [0.1, 0.15) is 5.69 Å². The summed E-state index contributed by atoms with van der Waals surface area (Å²) < 4.78 is 5.35. The third-order valence-electron chi connectivity index (χ3n) is 4.16. The molecule has 8 nitrogen and oxygen atoms in total. The van der Waals surface area contributed by atoms with Gasteiger partial charge in [0.2, 0.25) is 11.8 Å². The molecule has 1 fully saturated rings. The maximum absolute atomic E-state index is 11.5.